The van der Waals surface area contributed by atoms with Crippen molar-refractivity contribution in [2.24, 2.45) is 0 Å². The molecule has 1 aromatic heterocycles. The maximum absolute atomic E-state index is 9.52. The molecule has 0 spiro atoms. The van der Waals surface area contributed by atoms with Crippen molar-refractivity contribution in [3.8, 4) is 17.3 Å². The van der Waals surface area contributed by atoms with E-state index >= 15 is 0 Å². The number of thiazole rings is 1. The molecule has 0 unspecified atom stereocenters. The van der Waals surface area contributed by atoms with Gasteiger partial charge in [0.2, 0.25) is 0 Å². The molecule has 1 N–H and O–H groups in total. The maximum atomic E-state index is 9.52. The van der Waals surface area contributed by atoms with Crippen LogP contribution >= 0.6 is 27.3 Å². The molecule has 0 aliphatic rings. The highest BCUT2D eigenvalue weighted by Crippen LogP contribution is 2.28. The summed E-state index contributed by atoms with van der Waals surface area (Å²) < 4.78 is 0.960. The van der Waals surface area contributed by atoms with Gasteiger partial charge < -0.3 is 5.32 Å². The van der Waals surface area contributed by atoms with Crippen molar-refractivity contribution in [1.29, 1.82) is 5.26 Å². The number of aryl methyl sites for hydroxylation is 2. The molecular formula is C21H18BrN3S. The first-order valence-electron chi connectivity index (χ1n) is 8.29. The zero-order chi connectivity index (χ0) is 18.5. The van der Waals surface area contributed by atoms with Crippen molar-refractivity contribution in [1.82, 2.24) is 4.98 Å². The van der Waals surface area contributed by atoms with Crippen LogP contribution < -0.4 is 5.32 Å². The van der Waals surface area contributed by atoms with Gasteiger partial charge in [-0.2, -0.15) is 5.26 Å². The van der Waals surface area contributed by atoms with Gasteiger partial charge in [0, 0.05) is 21.6 Å². The summed E-state index contributed by atoms with van der Waals surface area (Å²) in [5.74, 6) is 0. The zero-order valence-electron chi connectivity index (χ0n) is 14.6. The van der Waals surface area contributed by atoms with Gasteiger partial charge in [-0.1, -0.05) is 37.3 Å². The number of rotatable bonds is 5. The Morgan fingerprint density at radius 3 is 2.69 bits per heavy atom. The van der Waals surface area contributed by atoms with Gasteiger partial charge in [0.15, 0.2) is 0 Å². The monoisotopic (exact) mass is 423 g/mol. The first kappa shape index (κ1) is 18.4. The summed E-state index contributed by atoms with van der Waals surface area (Å²) in [6, 6.07) is 16.7. The van der Waals surface area contributed by atoms with Gasteiger partial charge in [-0.05, 0) is 52.5 Å². The Hall–Kier alpha value is -2.42. The highest BCUT2D eigenvalue weighted by Gasteiger charge is 2.09. The Bertz CT molecular complexity index is 981. The molecule has 0 amide bonds. The Balaban J connectivity index is 1.82. The van der Waals surface area contributed by atoms with Crippen LogP contribution in [-0.4, -0.2) is 4.98 Å². The summed E-state index contributed by atoms with van der Waals surface area (Å²) in [7, 11) is 0. The summed E-state index contributed by atoms with van der Waals surface area (Å²) in [5, 5.41) is 15.4. The first-order chi connectivity index (χ1) is 12.6. The number of halogens is 1. The van der Waals surface area contributed by atoms with Crippen LogP contribution in [0.5, 0.6) is 0 Å². The molecule has 5 heteroatoms. The predicted molar refractivity (Wildman–Crippen MR) is 113 cm³/mol. The van der Waals surface area contributed by atoms with Gasteiger partial charge in [-0.15, -0.1) is 11.3 Å². The van der Waals surface area contributed by atoms with E-state index in [0.29, 0.717) is 10.6 Å². The van der Waals surface area contributed by atoms with Gasteiger partial charge in [0.25, 0.3) is 0 Å². The van der Waals surface area contributed by atoms with E-state index in [-0.39, 0.29) is 0 Å². The third kappa shape index (κ3) is 4.21. The summed E-state index contributed by atoms with van der Waals surface area (Å²) >= 11 is 5.01. The SMILES string of the molecule is CCc1ccc(-c2csc(/C(C#N)=C/Nc3ccc(C)cc3Br)n2)cc1. The van der Waals surface area contributed by atoms with Gasteiger partial charge in [0.05, 0.1) is 11.4 Å². The molecular weight excluding hydrogens is 406 g/mol. The number of aromatic nitrogens is 1. The minimum Gasteiger partial charge on any atom is -0.359 e. The third-order valence-electron chi connectivity index (χ3n) is 4.01. The summed E-state index contributed by atoms with van der Waals surface area (Å²) in [6.45, 7) is 4.18. The van der Waals surface area contributed by atoms with E-state index in [0.717, 1.165) is 27.8 Å². The molecule has 0 aliphatic heterocycles. The van der Waals surface area contributed by atoms with Crippen molar-refractivity contribution in [2.45, 2.75) is 20.3 Å². The van der Waals surface area contributed by atoms with Crippen LogP contribution in [0.3, 0.4) is 0 Å². The van der Waals surface area contributed by atoms with E-state index in [1.165, 1.54) is 22.5 Å². The average molecular weight is 424 g/mol. The van der Waals surface area contributed by atoms with E-state index < -0.39 is 0 Å². The smallest absolute Gasteiger partial charge is 0.136 e. The molecule has 0 aliphatic carbocycles. The highest BCUT2D eigenvalue weighted by molar-refractivity contribution is 9.10. The highest BCUT2D eigenvalue weighted by atomic mass is 79.9. The van der Waals surface area contributed by atoms with E-state index in [1.807, 2.05) is 30.5 Å². The second-order valence-electron chi connectivity index (χ2n) is 5.89. The maximum Gasteiger partial charge on any atom is 0.136 e. The van der Waals surface area contributed by atoms with Crippen LogP contribution in [0.4, 0.5) is 5.69 Å². The minimum atomic E-state index is 0.513. The molecule has 3 aromatic rings. The van der Waals surface area contributed by atoms with Crippen LogP contribution in [0.2, 0.25) is 0 Å². The number of hydrogen-bond acceptors (Lipinski definition) is 4. The lowest BCUT2D eigenvalue weighted by Gasteiger charge is -2.05. The fraction of sp³-hybridized carbons (Fsp3) is 0.143. The number of nitrogens with zero attached hydrogens (tertiary/aromatic N) is 2. The van der Waals surface area contributed by atoms with E-state index in [1.54, 1.807) is 6.20 Å². The zero-order valence-corrected chi connectivity index (χ0v) is 17.0. The average Bonchev–Trinajstić information content (AvgIpc) is 3.14. The van der Waals surface area contributed by atoms with Crippen molar-refractivity contribution in [3.63, 3.8) is 0 Å². The Kier molecular flexibility index (Phi) is 5.87. The Morgan fingerprint density at radius 2 is 2.04 bits per heavy atom. The number of nitrogens with one attached hydrogen (secondary N) is 1. The van der Waals surface area contributed by atoms with E-state index in [2.05, 4.69) is 63.5 Å². The third-order valence-corrected chi connectivity index (χ3v) is 5.54. The first-order valence-corrected chi connectivity index (χ1v) is 9.96. The molecule has 0 atom stereocenters. The number of anilines is 1. The molecule has 3 nitrogen and oxygen atoms in total. The lowest BCUT2D eigenvalue weighted by Crippen LogP contribution is -1.92. The van der Waals surface area contributed by atoms with Gasteiger partial charge in [-0.3, -0.25) is 0 Å². The van der Waals surface area contributed by atoms with Gasteiger partial charge in [-0.25, -0.2) is 4.98 Å². The Morgan fingerprint density at radius 1 is 1.27 bits per heavy atom. The molecule has 0 saturated carbocycles. The van der Waals surface area contributed by atoms with Crippen molar-refractivity contribution in [2.75, 3.05) is 5.32 Å². The predicted octanol–water partition coefficient (Wildman–Crippen LogP) is 6.42. The summed E-state index contributed by atoms with van der Waals surface area (Å²) in [5.41, 5.74) is 5.86. The van der Waals surface area contributed by atoms with Gasteiger partial charge >= 0.3 is 0 Å². The fourth-order valence-corrected chi connectivity index (χ4v) is 3.87. The van der Waals surface area contributed by atoms with E-state index in [9.17, 15) is 5.26 Å². The summed E-state index contributed by atoms with van der Waals surface area (Å²) in [6.07, 6.45) is 2.72. The number of hydrogen-bond donors (Lipinski definition) is 1. The molecule has 1 heterocycles. The number of nitriles is 1. The van der Waals surface area contributed by atoms with Crippen LogP contribution in [0, 0.1) is 18.3 Å². The molecule has 0 fully saturated rings. The molecule has 0 bridgehead atoms. The number of allylic oxidation sites excluding steroid dienone is 1. The molecule has 130 valence electrons. The molecule has 0 radical (unpaired) electrons. The van der Waals surface area contributed by atoms with E-state index in [4.69, 9.17) is 0 Å². The van der Waals surface area contributed by atoms with Crippen molar-refractivity contribution < 1.29 is 0 Å². The molecule has 26 heavy (non-hydrogen) atoms. The Labute approximate surface area is 166 Å². The summed E-state index contributed by atoms with van der Waals surface area (Å²) in [4.78, 5) is 4.63. The minimum absolute atomic E-state index is 0.513. The van der Waals surface area contributed by atoms with Crippen molar-refractivity contribution >= 4 is 38.5 Å². The standard InChI is InChI=1S/C21H18BrN3S/c1-3-15-5-7-16(8-6-15)20-13-26-21(25-20)17(11-23)12-24-19-9-4-14(2)10-18(19)22/h4-10,12-13,24H,3H2,1-2H3/b17-12+. The molecule has 3 rings (SSSR count). The van der Waals surface area contributed by atoms with Gasteiger partial charge in [0.1, 0.15) is 16.6 Å². The molecule has 0 saturated heterocycles. The van der Waals surface area contributed by atoms with Crippen LogP contribution in [0.1, 0.15) is 23.1 Å². The fourth-order valence-electron chi connectivity index (χ4n) is 2.47. The topological polar surface area (TPSA) is 48.7 Å². The van der Waals surface area contributed by atoms with Crippen LogP contribution in [-0.2, 0) is 6.42 Å². The lowest BCUT2D eigenvalue weighted by atomic mass is 10.1. The van der Waals surface area contributed by atoms with Crippen LogP contribution in [0.25, 0.3) is 16.8 Å². The second kappa shape index (κ2) is 8.31. The van der Waals surface area contributed by atoms with Crippen molar-refractivity contribution in [3.05, 3.63) is 74.7 Å². The normalized spacial score (nSPS) is 11.2. The van der Waals surface area contributed by atoms with Crippen LogP contribution in [0.15, 0.2) is 58.5 Å². The number of benzene rings is 2. The quantitative estimate of drug-likeness (QED) is 0.481. The molecule has 2 aromatic carbocycles. The lowest BCUT2D eigenvalue weighted by molar-refractivity contribution is 1.14. The second-order valence-corrected chi connectivity index (χ2v) is 7.60. The largest absolute Gasteiger partial charge is 0.359 e.